The van der Waals surface area contributed by atoms with Gasteiger partial charge in [-0.15, -0.1) is 0 Å². The van der Waals surface area contributed by atoms with E-state index in [1.807, 2.05) is 0 Å². The number of carboxylic acids is 1. The van der Waals surface area contributed by atoms with E-state index in [2.05, 4.69) is 5.32 Å². The molecular weight excluding hydrogens is 416 g/mol. The van der Waals surface area contributed by atoms with Crippen LogP contribution in [0.1, 0.15) is 15.9 Å². The monoisotopic (exact) mass is 430 g/mol. The summed E-state index contributed by atoms with van der Waals surface area (Å²) in [5, 5.41) is 33.8. The van der Waals surface area contributed by atoms with Gasteiger partial charge in [-0.05, 0) is 48.0 Å². The standard InChI is InChI=1S/C20H15ClN2O5S/c21-13-2-5-15(6-3-13)29-19-8-1-12(9-17(19)23(27)28)11-22-14-4-7-16(20(25)26)18(24)10-14/h1-10,22,24H,11H2,(H,25,26). The van der Waals surface area contributed by atoms with Gasteiger partial charge in [0.05, 0.1) is 9.82 Å². The lowest BCUT2D eigenvalue weighted by Gasteiger charge is -2.10. The second-order valence-corrected chi connectivity index (χ2v) is 7.56. The number of anilines is 1. The summed E-state index contributed by atoms with van der Waals surface area (Å²) in [5.74, 6) is -1.58. The number of carbonyl (C=O) groups is 1. The number of aromatic carboxylic acids is 1. The highest BCUT2D eigenvalue weighted by Crippen LogP contribution is 2.36. The zero-order valence-corrected chi connectivity index (χ0v) is 16.4. The maximum atomic E-state index is 11.5. The molecule has 3 aromatic carbocycles. The fraction of sp³-hybridized carbons (Fsp3) is 0.0500. The molecule has 0 atom stereocenters. The summed E-state index contributed by atoms with van der Waals surface area (Å²) in [6.45, 7) is 0.262. The van der Waals surface area contributed by atoms with Gasteiger partial charge in [-0.3, -0.25) is 10.1 Å². The van der Waals surface area contributed by atoms with Crippen molar-refractivity contribution in [3.05, 3.63) is 86.9 Å². The van der Waals surface area contributed by atoms with Gasteiger partial charge < -0.3 is 15.5 Å². The third kappa shape index (κ3) is 5.18. The number of phenols is 1. The minimum atomic E-state index is -1.22. The molecule has 0 saturated heterocycles. The summed E-state index contributed by atoms with van der Waals surface area (Å²) in [6, 6.07) is 16.1. The predicted molar refractivity (Wildman–Crippen MR) is 111 cm³/mol. The number of nitrogens with zero attached hydrogens (tertiary/aromatic N) is 1. The van der Waals surface area contributed by atoms with Crippen molar-refractivity contribution in [2.24, 2.45) is 0 Å². The van der Waals surface area contributed by atoms with E-state index in [1.54, 1.807) is 36.4 Å². The van der Waals surface area contributed by atoms with Crippen LogP contribution in [0, 0.1) is 10.1 Å². The minimum Gasteiger partial charge on any atom is -0.507 e. The van der Waals surface area contributed by atoms with Crippen LogP contribution < -0.4 is 5.32 Å². The Labute approximate surface area is 175 Å². The Balaban J connectivity index is 1.76. The van der Waals surface area contributed by atoms with E-state index in [9.17, 15) is 20.0 Å². The molecule has 0 fully saturated rings. The normalized spacial score (nSPS) is 10.5. The quantitative estimate of drug-likeness (QED) is 0.339. The lowest BCUT2D eigenvalue weighted by Crippen LogP contribution is -2.02. The number of hydrogen-bond donors (Lipinski definition) is 3. The van der Waals surface area contributed by atoms with Gasteiger partial charge in [0, 0.05) is 34.3 Å². The van der Waals surface area contributed by atoms with Gasteiger partial charge in [0.1, 0.15) is 11.3 Å². The smallest absolute Gasteiger partial charge is 0.339 e. The van der Waals surface area contributed by atoms with E-state index >= 15 is 0 Å². The minimum absolute atomic E-state index is 0.0201. The molecule has 0 unspecified atom stereocenters. The first kappa shape index (κ1) is 20.5. The van der Waals surface area contributed by atoms with Gasteiger partial charge in [0.25, 0.3) is 5.69 Å². The van der Waals surface area contributed by atoms with Crippen molar-refractivity contribution in [2.45, 2.75) is 16.3 Å². The molecule has 0 aliphatic rings. The number of benzene rings is 3. The Hall–Kier alpha value is -3.23. The second kappa shape index (κ2) is 8.85. The molecule has 0 aliphatic heterocycles. The van der Waals surface area contributed by atoms with Crippen LogP contribution in [0.4, 0.5) is 11.4 Å². The fourth-order valence-corrected chi connectivity index (χ4v) is 3.58. The molecule has 0 bridgehead atoms. The van der Waals surface area contributed by atoms with Crippen molar-refractivity contribution >= 4 is 40.7 Å². The second-order valence-electron chi connectivity index (χ2n) is 6.01. The molecule has 0 spiro atoms. The number of carboxylic acid groups (broad SMARTS) is 1. The van der Waals surface area contributed by atoms with E-state index in [4.69, 9.17) is 16.7 Å². The van der Waals surface area contributed by atoms with Crippen LogP contribution in [0.2, 0.25) is 5.02 Å². The summed E-state index contributed by atoms with van der Waals surface area (Å²) in [4.78, 5) is 23.3. The van der Waals surface area contributed by atoms with E-state index < -0.39 is 10.9 Å². The summed E-state index contributed by atoms with van der Waals surface area (Å²) in [7, 11) is 0. The van der Waals surface area contributed by atoms with E-state index in [1.165, 1.54) is 36.0 Å². The Morgan fingerprint density at radius 3 is 2.45 bits per heavy atom. The number of nitro groups is 1. The average molecular weight is 431 g/mol. The summed E-state index contributed by atoms with van der Waals surface area (Å²) in [5.41, 5.74) is 0.941. The zero-order chi connectivity index (χ0) is 21.0. The molecule has 0 aromatic heterocycles. The number of aromatic hydroxyl groups is 1. The Morgan fingerprint density at radius 2 is 1.83 bits per heavy atom. The van der Waals surface area contributed by atoms with Crippen molar-refractivity contribution in [1.29, 1.82) is 0 Å². The number of halogens is 1. The molecule has 0 aliphatic carbocycles. The third-order valence-electron chi connectivity index (χ3n) is 3.99. The highest BCUT2D eigenvalue weighted by Gasteiger charge is 2.16. The van der Waals surface area contributed by atoms with Gasteiger partial charge in [0.2, 0.25) is 0 Å². The van der Waals surface area contributed by atoms with Gasteiger partial charge in [-0.2, -0.15) is 0 Å². The molecule has 3 aromatic rings. The fourth-order valence-electron chi connectivity index (χ4n) is 2.56. The lowest BCUT2D eigenvalue weighted by atomic mass is 10.1. The number of nitro benzene ring substituents is 1. The van der Waals surface area contributed by atoms with Gasteiger partial charge in [0.15, 0.2) is 0 Å². The van der Waals surface area contributed by atoms with E-state index in [0.29, 0.717) is 21.2 Å². The number of hydrogen-bond acceptors (Lipinski definition) is 6. The SMILES string of the molecule is O=C(O)c1ccc(NCc2ccc(Sc3ccc(Cl)cc3)c([N+](=O)[O-])c2)cc1O. The van der Waals surface area contributed by atoms with Crippen molar-refractivity contribution in [1.82, 2.24) is 0 Å². The maximum Gasteiger partial charge on any atom is 0.339 e. The van der Waals surface area contributed by atoms with Crippen molar-refractivity contribution in [2.75, 3.05) is 5.32 Å². The molecule has 29 heavy (non-hydrogen) atoms. The Morgan fingerprint density at radius 1 is 1.10 bits per heavy atom. The van der Waals surface area contributed by atoms with Crippen LogP contribution >= 0.6 is 23.4 Å². The third-order valence-corrected chi connectivity index (χ3v) is 5.31. The molecular formula is C20H15ClN2O5S. The van der Waals surface area contributed by atoms with Crippen LogP contribution in [-0.4, -0.2) is 21.1 Å². The van der Waals surface area contributed by atoms with Crippen LogP contribution in [0.3, 0.4) is 0 Å². The molecule has 3 N–H and O–H groups in total. The molecule has 0 radical (unpaired) electrons. The highest BCUT2D eigenvalue weighted by atomic mass is 35.5. The highest BCUT2D eigenvalue weighted by molar-refractivity contribution is 7.99. The topological polar surface area (TPSA) is 113 Å². The van der Waals surface area contributed by atoms with Crippen LogP contribution in [0.15, 0.2) is 70.5 Å². The van der Waals surface area contributed by atoms with Gasteiger partial charge >= 0.3 is 5.97 Å². The largest absolute Gasteiger partial charge is 0.507 e. The van der Waals surface area contributed by atoms with Crippen LogP contribution in [-0.2, 0) is 6.54 Å². The van der Waals surface area contributed by atoms with Crippen LogP contribution in [0.5, 0.6) is 5.75 Å². The first-order valence-electron chi connectivity index (χ1n) is 8.34. The molecule has 9 heteroatoms. The van der Waals surface area contributed by atoms with E-state index in [0.717, 1.165) is 4.90 Å². The molecule has 0 heterocycles. The van der Waals surface area contributed by atoms with Crippen molar-refractivity contribution in [3.8, 4) is 5.75 Å². The van der Waals surface area contributed by atoms with Crippen molar-refractivity contribution < 1.29 is 19.9 Å². The first-order valence-corrected chi connectivity index (χ1v) is 9.54. The average Bonchev–Trinajstić information content (AvgIpc) is 2.68. The molecule has 0 amide bonds. The maximum absolute atomic E-state index is 11.5. The summed E-state index contributed by atoms with van der Waals surface area (Å²) < 4.78 is 0. The Bertz CT molecular complexity index is 1070. The Kier molecular flexibility index (Phi) is 6.26. The van der Waals surface area contributed by atoms with Gasteiger partial charge in [-0.1, -0.05) is 29.4 Å². The lowest BCUT2D eigenvalue weighted by molar-refractivity contribution is -0.387. The summed E-state index contributed by atoms with van der Waals surface area (Å²) >= 11 is 7.14. The first-order chi connectivity index (χ1) is 13.8. The molecule has 3 rings (SSSR count). The van der Waals surface area contributed by atoms with E-state index in [-0.39, 0.29) is 23.5 Å². The molecule has 0 saturated carbocycles. The van der Waals surface area contributed by atoms with Crippen molar-refractivity contribution in [3.63, 3.8) is 0 Å². The zero-order valence-electron chi connectivity index (χ0n) is 14.8. The van der Waals surface area contributed by atoms with Gasteiger partial charge in [-0.25, -0.2) is 4.79 Å². The number of nitrogens with one attached hydrogen (secondary N) is 1. The number of rotatable bonds is 7. The van der Waals surface area contributed by atoms with Crippen LogP contribution in [0.25, 0.3) is 0 Å². The summed E-state index contributed by atoms with van der Waals surface area (Å²) in [6.07, 6.45) is 0. The molecule has 148 valence electrons. The molecule has 7 nitrogen and oxygen atoms in total. The predicted octanol–water partition coefficient (Wildman–Crippen LogP) is 5.42.